The molecule has 0 saturated heterocycles. The molecule has 1 aromatic carbocycles. The molecule has 0 aliphatic carbocycles. The van der Waals surface area contributed by atoms with Crippen LogP contribution in [0.15, 0.2) is 24.5 Å². The van der Waals surface area contributed by atoms with Crippen molar-refractivity contribution in [3.63, 3.8) is 0 Å². The second-order valence-electron chi connectivity index (χ2n) is 5.18. The summed E-state index contributed by atoms with van der Waals surface area (Å²) in [6, 6.07) is 3.91. The quantitative estimate of drug-likeness (QED) is 0.700. The van der Waals surface area contributed by atoms with E-state index in [0.29, 0.717) is 19.0 Å². The molecule has 1 aromatic heterocycles. The molecule has 0 unspecified atom stereocenters. The molecular formula is C14H18ClFN4O3S. The van der Waals surface area contributed by atoms with E-state index < -0.39 is 21.6 Å². The summed E-state index contributed by atoms with van der Waals surface area (Å²) in [7, 11) is -0.738. The second-order valence-corrected chi connectivity index (χ2v) is 7.69. The van der Waals surface area contributed by atoms with Crippen molar-refractivity contribution >= 4 is 21.6 Å². The fourth-order valence-corrected chi connectivity index (χ4v) is 3.34. The van der Waals surface area contributed by atoms with Gasteiger partial charge in [-0.25, -0.2) is 12.8 Å². The first-order chi connectivity index (χ1) is 11.3. The van der Waals surface area contributed by atoms with E-state index in [1.54, 1.807) is 11.7 Å². The zero-order valence-corrected chi connectivity index (χ0v) is 14.9. The SMILES string of the molecule is COCCn1cnnc1CN(C)S(=O)(=O)Cc1ccc(Cl)cc1F. The molecule has 24 heavy (non-hydrogen) atoms. The zero-order valence-electron chi connectivity index (χ0n) is 13.3. The van der Waals surface area contributed by atoms with Crippen molar-refractivity contribution in [2.75, 3.05) is 20.8 Å². The van der Waals surface area contributed by atoms with Crippen molar-refractivity contribution < 1.29 is 17.5 Å². The third kappa shape index (κ3) is 4.73. The van der Waals surface area contributed by atoms with Crippen LogP contribution in [0.3, 0.4) is 0 Å². The Morgan fingerprint density at radius 1 is 1.42 bits per heavy atom. The van der Waals surface area contributed by atoms with Crippen molar-refractivity contribution in [3.8, 4) is 0 Å². The molecule has 0 bridgehead atoms. The Balaban J connectivity index is 2.10. The minimum absolute atomic E-state index is 0.0290. The molecule has 2 rings (SSSR count). The fraction of sp³-hybridized carbons (Fsp3) is 0.429. The average molecular weight is 377 g/mol. The maximum Gasteiger partial charge on any atom is 0.218 e. The van der Waals surface area contributed by atoms with Gasteiger partial charge < -0.3 is 9.30 Å². The summed E-state index contributed by atoms with van der Waals surface area (Å²) >= 11 is 5.68. The largest absolute Gasteiger partial charge is 0.383 e. The second kappa shape index (κ2) is 8.02. The van der Waals surface area contributed by atoms with Crippen molar-refractivity contribution in [1.82, 2.24) is 19.1 Å². The first-order valence-corrected chi connectivity index (χ1v) is 9.06. The maximum atomic E-state index is 13.8. The molecule has 0 N–H and O–H groups in total. The Morgan fingerprint density at radius 2 is 2.17 bits per heavy atom. The molecule has 0 aliphatic heterocycles. The van der Waals surface area contributed by atoms with Gasteiger partial charge in [0.25, 0.3) is 0 Å². The lowest BCUT2D eigenvalue weighted by Crippen LogP contribution is -2.29. The van der Waals surface area contributed by atoms with Gasteiger partial charge in [0, 0.05) is 31.3 Å². The Labute approximate surface area is 145 Å². The van der Waals surface area contributed by atoms with Gasteiger partial charge in [-0.2, -0.15) is 4.31 Å². The van der Waals surface area contributed by atoms with Crippen molar-refractivity contribution in [1.29, 1.82) is 0 Å². The third-order valence-corrected chi connectivity index (χ3v) is 5.41. The van der Waals surface area contributed by atoms with Crippen LogP contribution >= 0.6 is 11.6 Å². The van der Waals surface area contributed by atoms with Crippen LogP contribution in [0.2, 0.25) is 5.02 Å². The van der Waals surface area contributed by atoms with Crippen LogP contribution in [-0.2, 0) is 33.6 Å². The topological polar surface area (TPSA) is 77.3 Å². The lowest BCUT2D eigenvalue weighted by Gasteiger charge is -2.17. The monoisotopic (exact) mass is 376 g/mol. The number of methoxy groups -OCH3 is 1. The highest BCUT2D eigenvalue weighted by Crippen LogP contribution is 2.18. The molecule has 0 saturated carbocycles. The number of rotatable bonds is 8. The van der Waals surface area contributed by atoms with Gasteiger partial charge in [0.05, 0.1) is 18.9 Å². The molecule has 0 fully saturated rings. The molecule has 7 nitrogen and oxygen atoms in total. The number of sulfonamides is 1. The van der Waals surface area contributed by atoms with Crippen LogP contribution < -0.4 is 0 Å². The van der Waals surface area contributed by atoms with Crippen molar-refractivity contribution in [3.05, 3.63) is 46.8 Å². The van der Waals surface area contributed by atoms with Crippen LogP contribution in [0.1, 0.15) is 11.4 Å². The lowest BCUT2D eigenvalue weighted by molar-refractivity contribution is 0.185. The van der Waals surface area contributed by atoms with E-state index in [9.17, 15) is 12.8 Å². The summed E-state index contributed by atoms with van der Waals surface area (Å²) in [6.07, 6.45) is 1.51. The van der Waals surface area contributed by atoms with Crippen LogP contribution in [0, 0.1) is 5.82 Å². The minimum atomic E-state index is -3.72. The first kappa shape index (κ1) is 18.8. The molecular weight excluding hydrogens is 359 g/mol. The van der Waals surface area contributed by atoms with Gasteiger partial charge in [-0.3, -0.25) is 0 Å². The molecule has 1 heterocycles. The van der Waals surface area contributed by atoms with E-state index >= 15 is 0 Å². The van der Waals surface area contributed by atoms with Gasteiger partial charge >= 0.3 is 0 Å². The van der Waals surface area contributed by atoms with E-state index in [1.807, 2.05) is 0 Å². The number of hydrogen-bond donors (Lipinski definition) is 0. The van der Waals surface area contributed by atoms with Gasteiger partial charge in [-0.05, 0) is 12.1 Å². The molecule has 0 aliphatic rings. The number of hydrogen-bond acceptors (Lipinski definition) is 5. The fourth-order valence-electron chi connectivity index (χ4n) is 2.02. The Bertz CT molecular complexity index is 797. The molecule has 10 heteroatoms. The van der Waals surface area contributed by atoms with Gasteiger partial charge in [0.15, 0.2) is 0 Å². The van der Waals surface area contributed by atoms with E-state index in [4.69, 9.17) is 16.3 Å². The first-order valence-electron chi connectivity index (χ1n) is 7.07. The van der Waals surface area contributed by atoms with Crippen molar-refractivity contribution in [2.45, 2.75) is 18.8 Å². The van der Waals surface area contributed by atoms with Gasteiger partial charge in [-0.1, -0.05) is 17.7 Å². The molecule has 0 radical (unpaired) electrons. The maximum absolute atomic E-state index is 13.8. The molecule has 0 amide bonds. The molecule has 0 atom stereocenters. The highest BCUT2D eigenvalue weighted by atomic mass is 35.5. The summed E-state index contributed by atoms with van der Waals surface area (Å²) in [5.74, 6) is -0.629. The highest BCUT2D eigenvalue weighted by Gasteiger charge is 2.22. The minimum Gasteiger partial charge on any atom is -0.383 e. The van der Waals surface area contributed by atoms with Gasteiger partial charge in [0.2, 0.25) is 10.0 Å². The smallest absolute Gasteiger partial charge is 0.218 e. The highest BCUT2D eigenvalue weighted by molar-refractivity contribution is 7.88. The summed E-state index contributed by atoms with van der Waals surface area (Å²) in [5, 5.41) is 7.91. The van der Waals surface area contributed by atoms with E-state index in [0.717, 1.165) is 10.4 Å². The van der Waals surface area contributed by atoms with E-state index in [-0.39, 0.29) is 17.1 Å². The van der Waals surface area contributed by atoms with Crippen LogP contribution in [0.25, 0.3) is 0 Å². The average Bonchev–Trinajstić information content (AvgIpc) is 2.95. The number of halogens is 2. The summed E-state index contributed by atoms with van der Waals surface area (Å²) in [5.41, 5.74) is 0.0621. The number of ether oxygens (including phenoxy) is 1. The summed E-state index contributed by atoms with van der Waals surface area (Å²) in [6.45, 7) is 0.997. The molecule has 132 valence electrons. The summed E-state index contributed by atoms with van der Waals surface area (Å²) in [4.78, 5) is 0. The predicted molar refractivity (Wildman–Crippen MR) is 87.4 cm³/mol. The van der Waals surface area contributed by atoms with Crippen LogP contribution in [0.5, 0.6) is 0 Å². The number of benzene rings is 1. The van der Waals surface area contributed by atoms with Crippen LogP contribution in [-0.4, -0.2) is 48.3 Å². The molecule has 0 spiro atoms. The lowest BCUT2D eigenvalue weighted by atomic mass is 10.2. The summed E-state index contributed by atoms with van der Waals surface area (Å²) < 4.78 is 46.5. The normalized spacial score (nSPS) is 12.0. The van der Waals surface area contributed by atoms with Crippen molar-refractivity contribution in [2.24, 2.45) is 0 Å². The zero-order chi connectivity index (χ0) is 17.7. The Hall–Kier alpha value is -1.55. The Morgan fingerprint density at radius 3 is 2.83 bits per heavy atom. The van der Waals surface area contributed by atoms with Gasteiger partial charge in [-0.15, -0.1) is 10.2 Å². The predicted octanol–water partition coefficient (Wildman–Crippen LogP) is 1.68. The van der Waals surface area contributed by atoms with Crippen LogP contribution in [0.4, 0.5) is 4.39 Å². The number of nitrogens with zero attached hydrogens (tertiary/aromatic N) is 4. The third-order valence-electron chi connectivity index (χ3n) is 3.42. The standard InChI is InChI=1S/C14H18ClFN4O3S/c1-19(8-14-18-17-10-20(14)5-6-23-2)24(21,22)9-11-3-4-12(15)7-13(11)16/h3-4,7,10H,5-6,8-9H2,1-2H3. The Kier molecular flexibility index (Phi) is 6.27. The molecule has 2 aromatic rings. The van der Waals surface area contributed by atoms with Gasteiger partial charge in [0.1, 0.15) is 18.0 Å². The number of aromatic nitrogens is 3. The van der Waals surface area contributed by atoms with E-state index in [1.165, 1.54) is 25.5 Å². The van der Waals surface area contributed by atoms with E-state index in [2.05, 4.69) is 10.2 Å².